The molecule has 2 aromatic carbocycles. The van der Waals surface area contributed by atoms with Gasteiger partial charge in [-0.05, 0) is 36.8 Å². The van der Waals surface area contributed by atoms with Crippen molar-refractivity contribution in [2.75, 3.05) is 6.61 Å². The van der Waals surface area contributed by atoms with Crippen LogP contribution in [0.2, 0.25) is 0 Å². The van der Waals surface area contributed by atoms with E-state index in [1.54, 1.807) is 19.1 Å². The number of hydrogen-bond acceptors (Lipinski definition) is 4. The molecule has 0 amide bonds. The predicted molar refractivity (Wildman–Crippen MR) is 72.1 cm³/mol. The highest BCUT2D eigenvalue weighted by molar-refractivity contribution is 5.98. The number of fused-ring (bicyclic) bond motifs is 1. The van der Waals surface area contributed by atoms with Gasteiger partial charge in [0.05, 0.1) is 0 Å². The molecule has 1 N–H and O–H groups in total. The first-order valence-electron chi connectivity index (χ1n) is 6.16. The molecule has 0 radical (unpaired) electrons. The molecule has 4 nitrogen and oxygen atoms in total. The minimum absolute atomic E-state index is 0.0904. The molecule has 0 bridgehead atoms. The van der Waals surface area contributed by atoms with Crippen LogP contribution in [0.25, 0.3) is 10.8 Å². The van der Waals surface area contributed by atoms with Crippen molar-refractivity contribution in [3.63, 3.8) is 0 Å². The lowest BCUT2D eigenvalue weighted by Crippen LogP contribution is -2.18. The van der Waals surface area contributed by atoms with Gasteiger partial charge in [-0.1, -0.05) is 24.3 Å². The van der Waals surface area contributed by atoms with Crippen LogP contribution in [0.5, 0.6) is 5.75 Å². The van der Waals surface area contributed by atoms with E-state index in [-0.39, 0.29) is 11.3 Å². The van der Waals surface area contributed by atoms with Crippen molar-refractivity contribution in [1.29, 1.82) is 0 Å². The molecule has 1 unspecified atom stereocenters. The zero-order valence-electron chi connectivity index (χ0n) is 10.9. The molecule has 1 atom stereocenters. The number of phenolic OH excluding ortho intramolecular Hbond substituents is 1. The van der Waals surface area contributed by atoms with Gasteiger partial charge in [-0.3, -0.25) is 0 Å². The molecular weight excluding hydrogens is 244 g/mol. The van der Waals surface area contributed by atoms with Gasteiger partial charge in [-0.25, -0.2) is 4.79 Å². The topological polar surface area (TPSA) is 55.8 Å². The molecule has 0 aliphatic rings. The molecule has 4 heteroatoms. The normalized spacial score (nSPS) is 12.3. The molecule has 19 heavy (non-hydrogen) atoms. The van der Waals surface area contributed by atoms with E-state index in [9.17, 15) is 9.90 Å². The summed E-state index contributed by atoms with van der Waals surface area (Å²) in [5.41, 5.74) is 0.144. The first-order chi connectivity index (χ1) is 9.11. The van der Waals surface area contributed by atoms with Crippen LogP contribution in [-0.2, 0) is 9.47 Å². The van der Waals surface area contributed by atoms with E-state index in [2.05, 4.69) is 0 Å². The summed E-state index contributed by atoms with van der Waals surface area (Å²) < 4.78 is 10.2. The molecule has 0 heterocycles. The Morgan fingerprint density at radius 2 is 1.89 bits per heavy atom. The van der Waals surface area contributed by atoms with E-state index >= 15 is 0 Å². The number of ether oxygens (including phenoxy) is 2. The summed E-state index contributed by atoms with van der Waals surface area (Å²) >= 11 is 0. The Bertz CT molecular complexity index is 592. The summed E-state index contributed by atoms with van der Waals surface area (Å²) in [5.74, 6) is -0.684. The largest absolute Gasteiger partial charge is 0.507 e. The van der Waals surface area contributed by atoms with Crippen LogP contribution < -0.4 is 0 Å². The lowest BCUT2D eigenvalue weighted by molar-refractivity contribution is -0.0941. The minimum Gasteiger partial charge on any atom is -0.507 e. The lowest BCUT2D eigenvalue weighted by atomic mass is 10.1. The Morgan fingerprint density at radius 3 is 2.53 bits per heavy atom. The second-order valence-corrected chi connectivity index (χ2v) is 4.14. The molecule has 2 aromatic rings. The predicted octanol–water partition coefficient (Wildman–Crippen LogP) is 3.08. The molecule has 100 valence electrons. The van der Waals surface area contributed by atoms with Crippen molar-refractivity contribution < 1.29 is 19.4 Å². The molecule has 0 aromatic heterocycles. The fourth-order valence-electron chi connectivity index (χ4n) is 1.87. The highest BCUT2D eigenvalue weighted by Gasteiger charge is 2.16. The Balaban J connectivity index is 2.29. The van der Waals surface area contributed by atoms with E-state index in [1.807, 2.05) is 31.2 Å². The summed E-state index contributed by atoms with van der Waals surface area (Å²) in [5, 5.41) is 11.6. The first kappa shape index (κ1) is 13.4. The average molecular weight is 260 g/mol. The highest BCUT2D eigenvalue weighted by atomic mass is 16.7. The molecule has 0 aliphatic heterocycles. The smallest absolute Gasteiger partial charge is 0.344 e. The number of carbonyl (C=O) groups is 1. The van der Waals surface area contributed by atoms with Crippen molar-refractivity contribution in [3.8, 4) is 5.75 Å². The van der Waals surface area contributed by atoms with E-state index in [0.717, 1.165) is 10.8 Å². The summed E-state index contributed by atoms with van der Waals surface area (Å²) in [6.07, 6.45) is -0.636. The van der Waals surface area contributed by atoms with Crippen LogP contribution in [0.15, 0.2) is 36.4 Å². The van der Waals surface area contributed by atoms with Gasteiger partial charge in [-0.15, -0.1) is 0 Å². The van der Waals surface area contributed by atoms with E-state index < -0.39 is 12.3 Å². The summed E-state index contributed by atoms with van der Waals surface area (Å²) in [6.45, 7) is 3.91. The Hall–Kier alpha value is -2.07. The third kappa shape index (κ3) is 3.03. The zero-order valence-corrected chi connectivity index (χ0v) is 10.9. The molecular formula is C15H16O4. The third-order valence-corrected chi connectivity index (χ3v) is 2.76. The quantitative estimate of drug-likeness (QED) is 0.678. The maximum Gasteiger partial charge on any atom is 0.344 e. The second-order valence-electron chi connectivity index (χ2n) is 4.14. The third-order valence-electron chi connectivity index (χ3n) is 2.76. The maximum absolute atomic E-state index is 11.9. The van der Waals surface area contributed by atoms with Crippen LogP contribution >= 0.6 is 0 Å². The average Bonchev–Trinajstić information content (AvgIpc) is 2.38. The molecule has 0 saturated heterocycles. The standard InChI is InChI=1S/C15H16O4/c1-3-18-10(2)19-15(17)13-8-11-6-4-5-7-12(11)9-14(13)16/h4-10,16H,3H2,1-2H3. The first-order valence-corrected chi connectivity index (χ1v) is 6.16. The molecule has 0 saturated carbocycles. The molecule has 0 aliphatic carbocycles. The molecule has 0 fully saturated rings. The number of hydrogen-bond donors (Lipinski definition) is 1. The number of carbonyl (C=O) groups excluding carboxylic acids is 1. The van der Waals surface area contributed by atoms with Gasteiger partial charge in [0.2, 0.25) is 0 Å². The van der Waals surface area contributed by atoms with Crippen molar-refractivity contribution in [2.24, 2.45) is 0 Å². The van der Waals surface area contributed by atoms with Crippen molar-refractivity contribution in [1.82, 2.24) is 0 Å². The van der Waals surface area contributed by atoms with Gasteiger partial charge in [0.15, 0.2) is 6.29 Å². The lowest BCUT2D eigenvalue weighted by Gasteiger charge is -2.13. The molecule has 2 rings (SSSR count). The van der Waals surface area contributed by atoms with E-state index in [1.165, 1.54) is 0 Å². The minimum atomic E-state index is -0.636. The van der Waals surface area contributed by atoms with Crippen LogP contribution in [0.1, 0.15) is 24.2 Å². The monoisotopic (exact) mass is 260 g/mol. The van der Waals surface area contributed by atoms with Gasteiger partial charge in [0, 0.05) is 6.61 Å². The van der Waals surface area contributed by atoms with Crippen molar-refractivity contribution in [3.05, 3.63) is 42.0 Å². The van der Waals surface area contributed by atoms with E-state index in [4.69, 9.17) is 9.47 Å². The second kappa shape index (κ2) is 5.71. The summed E-state index contributed by atoms with van der Waals surface area (Å²) in [4.78, 5) is 11.9. The number of esters is 1. The Morgan fingerprint density at radius 1 is 1.26 bits per heavy atom. The summed E-state index contributed by atoms with van der Waals surface area (Å²) in [7, 11) is 0. The van der Waals surface area contributed by atoms with Gasteiger partial charge in [0.1, 0.15) is 11.3 Å². The van der Waals surface area contributed by atoms with Crippen LogP contribution in [0.3, 0.4) is 0 Å². The zero-order chi connectivity index (χ0) is 13.8. The maximum atomic E-state index is 11.9. The Kier molecular flexibility index (Phi) is 4.02. The number of aromatic hydroxyl groups is 1. The number of benzene rings is 2. The molecule has 0 spiro atoms. The van der Waals surface area contributed by atoms with Gasteiger partial charge < -0.3 is 14.6 Å². The van der Waals surface area contributed by atoms with Crippen molar-refractivity contribution in [2.45, 2.75) is 20.1 Å². The number of rotatable bonds is 4. The SMILES string of the molecule is CCOC(C)OC(=O)c1cc2ccccc2cc1O. The van der Waals surface area contributed by atoms with Gasteiger partial charge in [-0.2, -0.15) is 0 Å². The van der Waals surface area contributed by atoms with Crippen LogP contribution in [0, 0.1) is 0 Å². The number of phenols is 1. The van der Waals surface area contributed by atoms with Crippen molar-refractivity contribution >= 4 is 16.7 Å². The Labute approximate surface area is 111 Å². The summed E-state index contributed by atoms with van der Waals surface area (Å²) in [6, 6.07) is 10.7. The van der Waals surface area contributed by atoms with Crippen LogP contribution in [-0.4, -0.2) is 24.0 Å². The van der Waals surface area contributed by atoms with E-state index in [0.29, 0.717) is 6.61 Å². The fourth-order valence-corrected chi connectivity index (χ4v) is 1.87. The van der Waals surface area contributed by atoms with Gasteiger partial charge in [0.25, 0.3) is 0 Å². The van der Waals surface area contributed by atoms with Crippen LogP contribution in [0.4, 0.5) is 0 Å². The fraction of sp³-hybridized carbons (Fsp3) is 0.267. The van der Waals surface area contributed by atoms with Gasteiger partial charge >= 0.3 is 5.97 Å². The highest BCUT2D eigenvalue weighted by Crippen LogP contribution is 2.25.